The molecule has 1 aliphatic carbocycles. The van der Waals surface area contributed by atoms with Gasteiger partial charge in [-0.15, -0.1) is 0 Å². The molecule has 2 heteroatoms. The fourth-order valence-electron chi connectivity index (χ4n) is 2.28. The molecule has 1 N–H and O–H groups in total. The van der Waals surface area contributed by atoms with Crippen LogP contribution in [0.5, 0.6) is 0 Å². The first-order chi connectivity index (χ1) is 7.83. The lowest BCUT2D eigenvalue weighted by Gasteiger charge is -2.05. The molecule has 0 spiro atoms. The van der Waals surface area contributed by atoms with Crippen molar-refractivity contribution in [1.29, 1.82) is 0 Å². The topological polar surface area (TPSA) is 29.1 Å². The van der Waals surface area contributed by atoms with Crippen molar-refractivity contribution in [3.8, 4) is 11.1 Å². The molecule has 0 unspecified atom stereocenters. The van der Waals surface area contributed by atoms with Gasteiger partial charge in [0, 0.05) is 18.3 Å². The second-order valence-corrected chi connectivity index (χ2v) is 3.85. The van der Waals surface area contributed by atoms with E-state index in [0.29, 0.717) is 0 Å². The summed E-state index contributed by atoms with van der Waals surface area (Å²) >= 11 is 0. The summed E-state index contributed by atoms with van der Waals surface area (Å²) in [6, 6.07) is 13.7. The summed E-state index contributed by atoms with van der Waals surface area (Å²) in [5.74, 6) is 0.121. The highest BCUT2D eigenvalue weighted by atomic mass is 16.1. The predicted octanol–water partition coefficient (Wildman–Crippen LogP) is 2.94. The van der Waals surface area contributed by atoms with Crippen molar-refractivity contribution in [1.82, 2.24) is 0 Å². The van der Waals surface area contributed by atoms with Crippen LogP contribution in [0.2, 0.25) is 0 Å². The molecule has 16 heavy (non-hydrogen) atoms. The molecule has 0 fully saturated rings. The van der Waals surface area contributed by atoms with Crippen LogP contribution in [0.15, 0.2) is 42.5 Å². The summed E-state index contributed by atoms with van der Waals surface area (Å²) in [6.07, 6.45) is 0. The first kappa shape index (κ1) is 9.16. The summed E-state index contributed by atoms with van der Waals surface area (Å²) in [5.41, 5.74) is 4.58. The Morgan fingerprint density at radius 1 is 0.875 bits per heavy atom. The Labute approximate surface area is 93.9 Å². The van der Waals surface area contributed by atoms with Gasteiger partial charge < -0.3 is 5.32 Å². The summed E-state index contributed by atoms with van der Waals surface area (Å²) in [5, 5.41) is 3.07. The van der Waals surface area contributed by atoms with Crippen molar-refractivity contribution in [2.24, 2.45) is 0 Å². The molecule has 3 rings (SSSR count). The van der Waals surface area contributed by atoms with E-state index in [9.17, 15) is 4.79 Å². The number of ketones is 1. The van der Waals surface area contributed by atoms with Crippen molar-refractivity contribution < 1.29 is 4.79 Å². The van der Waals surface area contributed by atoms with E-state index in [1.54, 1.807) is 0 Å². The Morgan fingerprint density at radius 3 is 2.31 bits per heavy atom. The molecule has 0 saturated heterocycles. The van der Waals surface area contributed by atoms with E-state index < -0.39 is 0 Å². The van der Waals surface area contributed by atoms with E-state index in [4.69, 9.17) is 0 Å². The average Bonchev–Trinajstić information content (AvgIpc) is 2.64. The number of hydrogen-bond acceptors (Lipinski definition) is 2. The third kappa shape index (κ3) is 1.04. The van der Waals surface area contributed by atoms with Crippen LogP contribution in [-0.4, -0.2) is 12.8 Å². The first-order valence-corrected chi connectivity index (χ1v) is 5.28. The maximum Gasteiger partial charge on any atom is 0.196 e. The van der Waals surface area contributed by atoms with Gasteiger partial charge in [-0.2, -0.15) is 0 Å². The minimum absolute atomic E-state index is 0.121. The zero-order valence-corrected chi connectivity index (χ0v) is 8.95. The summed E-state index contributed by atoms with van der Waals surface area (Å²) in [4.78, 5) is 12.2. The quantitative estimate of drug-likeness (QED) is 0.667. The molecule has 0 bridgehead atoms. The van der Waals surface area contributed by atoms with Crippen molar-refractivity contribution in [2.45, 2.75) is 0 Å². The molecule has 0 saturated carbocycles. The van der Waals surface area contributed by atoms with E-state index in [-0.39, 0.29) is 5.78 Å². The zero-order chi connectivity index (χ0) is 11.1. The van der Waals surface area contributed by atoms with Gasteiger partial charge in [0.1, 0.15) is 0 Å². The van der Waals surface area contributed by atoms with Gasteiger partial charge in [0.2, 0.25) is 0 Å². The Hall–Kier alpha value is -2.09. The van der Waals surface area contributed by atoms with E-state index in [0.717, 1.165) is 27.9 Å². The number of benzene rings is 2. The molecule has 0 aliphatic heterocycles. The van der Waals surface area contributed by atoms with E-state index in [2.05, 4.69) is 5.32 Å². The third-order valence-corrected chi connectivity index (χ3v) is 3.02. The number of carbonyl (C=O) groups is 1. The minimum Gasteiger partial charge on any atom is -0.388 e. The van der Waals surface area contributed by atoms with Crippen LogP contribution in [0.1, 0.15) is 15.9 Å². The second-order valence-electron chi connectivity index (χ2n) is 3.85. The Morgan fingerprint density at radius 2 is 1.56 bits per heavy atom. The molecular weight excluding hydrogens is 198 g/mol. The van der Waals surface area contributed by atoms with Crippen LogP contribution < -0.4 is 5.32 Å². The first-order valence-electron chi connectivity index (χ1n) is 5.28. The van der Waals surface area contributed by atoms with Crippen molar-refractivity contribution in [3.05, 3.63) is 53.6 Å². The standard InChI is InChI=1S/C14H11NO/c1-15-12-8-4-7-10-9-5-2-3-6-11(9)14(16)13(10)12/h2-8,15H,1H3. The van der Waals surface area contributed by atoms with Gasteiger partial charge in [-0.3, -0.25) is 4.79 Å². The highest BCUT2D eigenvalue weighted by Crippen LogP contribution is 2.39. The molecule has 0 aromatic heterocycles. The van der Waals surface area contributed by atoms with Gasteiger partial charge in [0.25, 0.3) is 0 Å². The third-order valence-electron chi connectivity index (χ3n) is 3.02. The van der Waals surface area contributed by atoms with Gasteiger partial charge in [0.05, 0.1) is 5.56 Å². The number of nitrogens with one attached hydrogen (secondary N) is 1. The number of carbonyl (C=O) groups excluding carboxylic acids is 1. The summed E-state index contributed by atoms with van der Waals surface area (Å²) in [7, 11) is 1.84. The Bertz CT molecular complexity index is 587. The minimum atomic E-state index is 0.121. The van der Waals surface area contributed by atoms with E-state index in [1.807, 2.05) is 49.5 Å². The van der Waals surface area contributed by atoms with Crippen LogP contribution in [0.3, 0.4) is 0 Å². The largest absolute Gasteiger partial charge is 0.388 e. The molecule has 2 aromatic rings. The lowest BCUT2D eigenvalue weighted by molar-refractivity contribution is 0.104. The Balaban J connectivity index is 2.37. The summed E-state index contributed by atoms with van der Waals surface area (Å²) < 4.78 is 0. The number of anilines is 1. The molecule has 1 aliphatic rings. The SMILES string of the molecule is CNc1cccc2c1C(=O)c1ccccc1-2. The molecule has 0 atom stereocenters. The molecule has 0 heterocycles. The normalized spacial score (nSPS) is 12.2. The van der Waals surface area contributed by atoms with E-state index in [1.165, 1.54) is 0 Å². The van der Waals surface area contributed by atoms with Gasteiger partial charge in [-0.05, 0) is 17.2 Å². The van der Waals surface area contributed by atoms with Gasteiger partial charge in [-0.1, -0.05) is 36.4 Å². The van der Waals surface area contributed by atoms with Crippen molar-refractivity contribution in [2.75, 3.05) is 12.4 Å². The fraction of sp³-hybridized carbons (Fsp3) is 0.0714. The van der Waals surface area contributed by atoms with Crippen LogP contribution >= 0.6 is 0 Å². The highest BCUT2D eigenvalue weighted by Gasteiger charge is 2.27. The summed E-state index contributed by atoms with van der Waals surface area (Å²) in [6.45, 7) is 0. The molecule has 0 amide bonds. The maximum atomic E-state index is 12.2. The molecule has 0 radical (unpaired) electrons. The smallest absolute Gasteiger partial charge is 0.196 e. The van der Waals surface area contributed by atoms with Crippen LogP contribution in [-0.2, 0) is 0 Å². The zero-order valence-electron chi connectivity index (χ0n) is 8.95. The Kier molecular flexibility index (Phi) is 1.83. The lowest BCUT2D eigenvalue weighted by atomic mass is 10.1. The van der Waals surface area contributed by atoms with Crippen molar-refractivity contribution >= 4 is 11.5 Å². The molecular formula is C14H11NO. The second kappa shape index (κ2) is 3.20. The monoisotopic (exact) mass is 209 g/mol. The predicted molar refractivity (Wildman–Crippen MR) is 64.9 cm³/mol. The average molecular weight is 209 g/mol. The fourth-order valence-corrected chi connectivity index (χ4v) is 2.28. The molecule has 2 nitrogen and oxygen atoms in total. The maximum absolute atomic E-state index is 12.2. The number of rotatable bonds is 1. The lowest BCUT2D eigenvalue weighted by Crippen LogP contribution is -2.00. The van der Waals surface area contributed by atoms with E-state index >= 15 is 0 Å². The highest BCUT2D eigenvalue weighted by molar-refractivity contribution is 6.24. The van der Waals surface area contributed by atoms with Crippen LogP contribution in [0, 0.1) is 0 Å². The number of fused-ring (bicyclic) bond motifs is 3. The van der Waals surface area contributed by atoms with Gasteiger partial charge in [-0.25, -0.2) is 0 Å². The van der Waals surface area contributed by atoms with Gasteiger partial charge in [0.15, 0.2) is 5.78 Å². The van der Waals surface area contributed by atoms with Crippen LogP contribution in [0.25, 0.3) is 11.1 Å². The molecule has 2 aromatic carbocycles. The number of hydrogen-bond donors (Lipinski definition) is 1. The molecule has 78 valence electrons. The van der Waals surface area contributed by atoms with Crippen LogP contribution in [0.4, 0.5) is 5.69 Å². The van der Waals surface area contributed by atoms with Gasteiger partial charge >= 0.3 is 0 Å². The van der Waals surface area contributed by atoms with Crippen molar-refractivity contribution in [3.63, 3.8) is 0 Å².